The summed E-state index contributed by atoms with van der Waals surface area (Å²) in [6.45, 7) is 10.7. The number of hydrogen-bond donors (Lipinski definition) is 3. The number of allylic oxidation sites excluding steroid dienone is 1. The lowest BCUT2D eigenvalue weighted by Gasteiger charge is -2.27. The van der Waals surface area contributed by atoms with Crippen LogP contribution in [0.1, 0.15) is 82.2 Å². The Bertz CT molecular complexity index is 1470. The number of aryl methyl sites for hydroxylation is 1. The molecule has 0 spiro atoms. The van der Waals surface area contributed by atoms with Gasteiger partial charge in [0.1, 0.15) is 17.9 Å². The summed E-state index contributed by atoms with van der Waals surface area (Å²) in [5.74, 6) is -1.40. The van der Waals surface area contributed by atoms with E-state index in [4.69, 9.17) is 25.8 Å². The number of ether oxygens (including phenoxy) is 3. The molecule has 2 unspecified atom stereocenters. The van der Waals surface area contributed by atoms with Crippen molar-refractivity contribution in [1.82, 2.24) is 10.6 Å². The fraction of sp³-hybridized carbons (Fsp3) is 0.526. The lowest BCUT2D eigenvalue weighted by atomic mass is 9.93. The number of nitrogens with one attached hydrogen (secondary N) is 2. The van der Waals surface area contributed by atoms with Gasteiger partial charge in [0, 0.05) is 18.8 Å². The molecule has 10 nitrogen and oxygen atoms in total. The van der Waals surface area contributed by atoms with Crippen molar-refractivity contribution in [3.63, 3.8) is 0 Å². The van der Waals surface area contributed by atoms with Gasteiger partial charge in [-0.05, 0) is 86.3 Å². The van der Waals surface area contributed by atoms with E-state index < -0.39 is 41.3 Å². The van der Waals surface area contributed by atoms with Crippen molar-refractivity contribution < 1.29 is 38.5 Å². The molecule has 1 aliphatic rings. The minimum Gasteiger partial charge on any atom is -0.496 e. The highest BCUT2D eigenvalue weighted by molar-refractivity contribution is 6.17. The molecular formula is C38H51ClN2O8. The molecule has 49 heavy (non-hydrogen) atoms. The van der Waals surface area contributed by atoms with Crippen LogP contribution in [0.25, 0.3) is 0 Å². The van der Waals surface area contributed by atoms with E-state index in [-0.39, 0.29) is 43.4 Å². The number of rotatable bonds is 19. The van der Waals surface area contributed by atoms with Gasteiger partial charge >= 0.3 is 11.9 Å². The number of aliphatic carboxylic acids is 1. The number of methoxy groups -OCH3 is 1. The molecule has 3 N–H and O–H groups in total. The SMILES string of the molecule is COc1ccc(C[C@@H](NC(=O)/C=C/CC[C@H](C)C2OC2c2ccc(CCl)cc2)C(=O)NCC(C)(C)C(=O)O[C@@H](CC(C)C)C(=O)O)cc1C. The summed E-state index contributed by atoms with van der Waals surface area (Å²) in [6.07, 6.45) is 3.98. The van der Waals surface area contributed by atoms with Crippen LogP contribution in [0.2, 0.25) is 0 Å². The summed E-state index contributed by atoms with van der Waals surface area (Å²) in [7, 11) is 1.58. The molecule has 1 heterocycles. The van der Waals surface area contributed by atoms with Gasteiger partial charge in [0.05, 0.1) is 18.6 Å². The quantitative estimate of drug-likeness (QED) is 0.0695. The number of hydrogen-bond acceptors (Lipinski definition) is 7. The van der Waals surface area contributed by atoms with Crippen LogP contribution in [0.15, 0.2) is 54.6 Å². The molecule has 2 amide bonds. The highest BCUT2D eigenvalue weighted by atomic mass is 35.5. The van der Waals surface area contributed by atoms with E-state index in [1.165, 1.54) is 6.08 Å². The van der Waals surface area contributed by atoms with Crippen molar-refractivity contribution in [1.29, 1.82) is 0 Å². The Morgan fingerprint density at radius 3 is 2.33 bits per heavy atom. The van der Waals surface area contributed by atoms with Crippen LogP contribution in [0, 0.1) is 24.2 Å². The molecular weight excluding hydrogens is 648 g/mol. The van der Waals surface area contributed by atoms with Gasteiger partial charge in [-0.1, -0.05) is 63.2 Å². The summed E-state index contributed by atoms with van der Waals surface area (Å²) in [5, 5.41) is 15.1. The average Bonchev–Trinajstić information content (AvgIpc) is 3.86. The van der Waals surface area contributed by atoms with Gasteiger partial charge in [-0.2, -0.15) is 0 Å². The van der Waals surface area contributed by atoms with E-state index in [9.17, 15) is 24.3 Å². The Morgan fingerprint density at radius 1 is 1.06 bits per heavy atom. The van der Waals surface area contributed by atoms with E-state index in [0.717, 1.165) is 28.7 Å². The van der Waals surface area contributed by atoms with Gasteiger partial charge in [0.2, 0.25) is 11.8 Å². The highest BCUT2D eigenvalue weighted by Crippen LogP contribution is 2.44. The summed E-state index contributed by atoms with van der Waals surface area (Å²) < 4.78 is 16.6. The Balaban J connectivity index is 1.60. The Morgan fingerprint density at radius 2 is 1.73 bits per heavy atom. The number of epoxide rings is 1. The molecule has 0 bridgehead atoms. The average molecular weight is 699 g/mol. The van der Waals surface area contributed by atoms with Gasteiger partial charge in [-0.3, -0.25) is 14.4 Å². The van der Waals surface area contributed by atoms with Crippen LogP contribution in [0.3, 0.4) is 0 Å². The van der Waals surface area contributed by atoms with Crippen molar-refractivity contribution in [3.8, 4) is 5.75 Å². The van der Waals surface area contributed by atoms with Crippen LogP contribution in [-0.2, 0) is 41.0 Å². The minimum atomic E-state index is -1.28. The molecule has 11 heteroatoms. The first-order chi connectivity index (χ1) is 23.1. The van der Waals surface area contributed by atoms with Crippen molar-refractivity contribution >= 4 is 35.4 Å². The standard InChI is InChI=1S/C38H51ClN2O8/c1-23(2)18-31(36(44)45)48-37(46)38(5,6)22-40-35(43)29(20-27-14-17-30(47-7)25(4)19-27)41-32(42)11-9-8-10-24(3)33-34(49-33)28-15-12-26(21-39)13-16-28/h9,11-17,19,23-24,29,31,33-34H,8,10,18,20-22H2,1-7H3,(H,40,43)(H,41,42)(H,44,45)/b11-9+/t24-,29+,31-,33?,34?/m0/s1. The van der Waals surface area contributed by atoms with Gasteiger partial charge in [0.25, 0.3) is 0 Å². The van der Waals surface area contributed by atoms with Gasteiger partial charge in [-0.25, -0.2) is 4.79 Å². The van der Waals surface area contributed by atoms with Crippen molar-refractivity contribution in [3.05, 3.63) is 76.9 Å². The second-order valence-electron chi connectivity index (χ2n) is 13.9. The molecule has 2 aromatic rings. The third kappa shape index (κ3) is 12.2. The summed E-state index contributed by atoms with van der Waals surface area (Å²) in [5.41, 5.74) is 2.67. The second kappa shape index (κ2) is 18.2. The topological polar surface area (TPSA) is 144 Å². The summed E-state index contributed by atoms with van der Waals surface area (Å²) >= 11 is 5.90. The summed E-state index contributed by atoms with van der Waals surface area (Å²) in [4.78, 5) is 51.0. The van der Waals surface area contributed by atoms with Crippen LogP contribution < -0.4 is 15.4 Å². The molecule has 2 aromatic carbocycles. The largest absolute Gasteiger partial charge is 0.496 e. The molecule has 0 aliphatic carbocycles. The van der Waals surface area contributed by atoms with Crippen LogP contribution in [0.5, 0.6) is 5.75 Å². The van der Waals surface area contributed by atoms with E-state index in [1.807, 2.05) is 45.0 Å². The molecule has 268 valence electrons. The maximum Gasteiger partial charge on any atom is 0.345 e. The van der Waals surface area contributed by atoms with Gasteiger partial charge in [0.15, 0.2) is 6.10 Å². The van der Waals surface area contributed by atoms with Crippen LogP contribution in [0.4, 0.5) is 0 Å². The lowest BCUT2D eigenvalue weighted by molar-refractivity contribution is -0.171. The molecule has 0 saturated carbocycles. The maximum atomic E-state index is 13.5. The molecule has 0 radical (unpaired) electrons. The zero-order valence-electron chi connectivity index (χ0n) is 29.6. The molecule has 1 aliphatic heterocycles. The number of benzene rings is 2. The fourth-order valence-corrected chi connectivity index (χ4v) is 5.67. The lowest BCUT2D eigenvalue weighted by Crippen LogP contribution is -2.51. The predicted molar refractivity (Wildman–Crippen MR) is 188 cm³/mol. The fourth-order valence-electron chi connectivity index (χ4n) is 5.49. The van der Waals surface area contributed by atoms with Crippen LogP contribution >= 0.6 is 11.6 Å². The smallest absolute Gasteiger partial charge is 0.345 e. The monoisotopic (exact) mass is 698 g/mol. The number of carbonyl (C=O) groups is 4. The second-order valence-corrected chi connectivity index (χ2v) is 14.2. The molecule has 1 saturated heterocycles. The third-order valence-electron chi connectivity index (χ3n) is 8.61. The Hall–Kier alpha value is -3.89. The van der Waals surface area contributed by atoms with Gasteiger partial charge in [-0.15, -0.1) is 11.6 Å². The number of amides is 2. The predicted octanol–water partition coefficient (Wildman–Crippen LogP) is 6.07. The number of alkyl halides is 1. The Kier molecular flexibility index (Phi) is 14.7. The van der Waals surface area contributed by atoms with Crippen LogP contribution in [-0.4, -0.2) is 60.8 Å². The van der Waals surface area contributed by atoms with E-state index in [1.54, 1.807) is 33.1 Å². The van der Waals surface area contributed by atoms with E-state index in [0.29, 0.717) is 18.1 Å². The van der Waals surface area contributed by atoms with Gasteiger partial charge < -0.3 is 30.0 Å². The number of carbonyl (C=O) groups excluding carboxylic acids is 3. The highest BCUT2D eigenvalue weighted by Gasteiger charge is 2.43. The number of carboxylic acid groups (broad SMARTS) is 1. The first-order valence-electron chi connectivity index (χ1n) is 16.8. The number of halogens is 1. The minimum absolute atomic E-state index is 0.00454. The number of esters is 1. The molecule has 3 rings (SSSR count). The zero-order valence-corrected chi connectivity index (χ0v) is 30.3. The van der Waals surface area contributed by atoms with Crippen molar-refractivity contribution in [2.45, 2.75) is 97.5 Å². The zero-order chi connectivity index (χ0) is 36.3. The molecule has 5 atom stereocenters. The Labute approximate surface area is 294 Å². The summed E-state index contributed by atoms with van der Waals surface area (Å²) in [6, 6.07) is 12.7. The maximum absolute atomic E-state index is 13.5. The van der Waals surface area contributed by atoms with Crippen molar-refractivity contribution in [2.24, 2.45) is 17.3 Å². The first kappa shape index (κ1) is 39.5. The van der Waals surface area contributed by atoms with E-state index in [2.05, 4.69) is 29.7 Å². The third-order valence-corrected chi connectivity index (χ3v) is 8.91. The van der Waals surface area contributed by atoms with E-state index >= 15 is 0 Å². The number of carboxylic acids is 1. The molecule has 0 aromatic heterocycles. The molecule has 1 fully saturated rings. The van der Waals surface area contributed by atoms with Crippen molar-refractivity contribution in [2.75, 3.05) is 13.7 Å². The normalized spacial score (nSPS) is 17.7. The first-order valence-corrected chi connectivity index (χ1v) is 17.3.